The van der Waals surface area contributed by atoms with Crippen LogP contribution in [0.5, 0.6) is 0 Å². The van der Waals surface area contributed by atoms with Gasteiger partial charge in [-0.15, -0.1) is 0 Å². The molecule has 0 radical (unpaired) electrons. The van der Waals surface area contributed by atoms with Crippen LogP contribution in [0.15, 0.2) is 72.8 Å². The maximum Gasteiger partial charge on any atom is 1.00 e. The van der Waals surface area contributed by atoms with Crippen LogP contribution in [0, 0.1) is 0 Å². The second-order valence-corrected chi connectivity index (χ2v) is 7.25. The average Bonchev–Trinajstić information content (AvgIpc) is 2.73. The number of carbonyl (C=O) groups is 1. The van der Waals surface area contributed by atoms with Gasteiger partial charge in [-0.2, -0.15) is 0 Å². The smallest absolute Gasteiger partial charge is 0.547 e. The summed E-state index contributed by atoms with van der Waals surface area (Å²) in [6.45, 7) is 1.89. The molecule has 3 aromatic carbocycles. The first-order valence-electron chi connectivity index (χ1n) is 9.74. The van der Waals surface area contributed by atoms with Gasteiger partial charge < -0.3 is 25.7 Å². The number of nitrogens with two attached hydrogens (primary N) is 1. The van der Waals surface area contributed by atoms with Crippen LogP contribution in [-0.2, 0) is 16.1 Å². The quantitative estimate of drug-likeness (QED) is 0.249. The van der Waals surface area contributed by atoms with E-state index in [2.05, 4.69) is 5.32 Å². The van der Waals surface area contributed by atoms with Crippen LogP contribution < -0.4 is 45.7 Å². The van der Waals surface area contributed by atoms with Crippen LogP contribution >= 0.6 is 0 Å². The van der Waals surface area contributed by atoms with Gasteiger partial charge in [-0.1, -0.05) is 48.5 Å². The summed E-state index contributed by atoms with van der Waals surface area (Å²) in [5.74, 6) is -1.28. The Morgan fingerprint density at radius 1 is 1.03 bits per heavy atom. The molecule has 1 heterocycles. The van der Waals surface area contributed by atoms with E-state index in [0.717, 1.165) is 33.1 Å². The predicted molar refractivity (Wildman–Crippen MR) is 117 cm³/mol. The summed E-state index contributed by atoms with van der Waals surface area (Å²) < 4.78 is 5.71. The molecule has 152 valence electrons. The number of hydrogen-bond acceptors (Lipinski definition) is 6. The minimum absolute atomic E-state index is 0. The molecule has 2 unspecified atom stereocenters. The molecule has 4 aromatic rings. The summed E-state index contributed by atoms with van der Waals surface area (Å²) >= 11 is 0. The van der Waals surface area contributed by atoms with Crippen LogP contribution in [0.3, 0.4) is 0 Å². The number of fused-ring (bicyclic) bond motifs is 2. The molecule has 2 atom stereocenters. The Labute approximate surface area is 202 Å². The Balaban J connectivity index is 0.00000272. The SMILES string of the molecule is CC(Nc1c2ccccc2nc2ccccc12)C(OCc1cccc(N)c1)C(=O)[O-].[Na+]. The van der Waals surface area contributed by atoms with E-state index in [0.29, 0.717) is 5.69 Å². The number of rotatable bonds is 7. The number of aliphatic carboxylic acids is 1. The van der Waals surface area contributed by atoms with Crippen molar-refractivity contribution in [2.75, 3.05) is 11.1 Å². The molecular formula is C24H22N3NaO3. The molecule has 7 heteroatoms. The maximum atomic E-state index is 11.8. The number of nitrogen functional groups attached to an aromatic ring is 1. The number of carbonyl (C=O) groups excluding carboxylic acids is 1. The third kappa shape index (κ3) is 5.17. The van der Waals surface area contributed by atoms with Crippen molar-refractivity contribution in [3.8, 4) is 0 Å². The zero-order valence-corrected chi connectivity index (χ0v) is 19.5. The van der Waals surface area contributed by atoms with Gasteiger partial charge in [0.15, 0.2) is 0 Å². The van der Waals surface area contributed by atoms with Crippen molar-refractivity contribution in [3.05, 3.63) is 78.4 Å². The van der Waals surface area contributed by atoms with Gasteiger partial charge in [0.25, 0.3) is 0 Å². The van der Waals surface area contributed by atoms with E-state index in [-0.39, 0.29) is 36.2 Å². The van der Waals surface area contributed by atoms with Crippen molar-refractivity contribution in [1.82, 2.24) is 4.98 Å². The van der Waals surface area contributed by atoms with Gasteiger partial charge in [0, 0.05) is 16.5 Å². The molecule has 31 heavy (non-hydrogen) atoms. The molecule has 3 N–H and O–H groups in total. The molecule has 0 aliphatic carbocycles. The van der Waals surface area contributed by atoms with Crippen LogP contribution in [0.2, 0.25) is 0 Å². The number of carboxylic acid groups (broad SMARTS) is 1. The molecule has 4 rings (SSSR count). The van der Waals surface area contributed by atoms with E-state index in [1.807, 2.05) is 54.6 Å². The molecular weight excluding hydrogens is 401 g/mol. The molecule has 0 amide bonds. The third-order valence-corrected chi connectivity index (χ3v) is 5.03. The molecule has 0 fully saturated rings. The number of pyridine rings is 1. The van der Waals surface area contributed by atoms with Gasteiger partial charge >= 0.3 is 29.6 Å². The number of nitrogens with one attached hydrogen (secondary N) is 1. The van der Waals surface area contributed by atoms with Gasteiger partial charge in [0.05, 0.1) is 35.3 Å². The Morgan fingerprint density at radius 3 is 2.23 bits per heavy atom. The third-order valence-electron chi connectivity index (χ3n) is 5.03. The van der Waals surface area contributed by atoms with E-state index >= 15 is 0 Å². The average molecular weight is 423 g/mol. The fraction of sp³-hybridized carbons (Fsp3) is 0.167. The second-order valence-electron chi connectivity index (χ2n) is 7.25. The first kappa shape index (κ1) is 23.0. The Kier molecular flexibility index (Phi) is 7.51. The van der Waals surface area contributed by atoms with Crippen molar-refractivity contribution < 1.29 is 44.2 Å². The Hall–Kier alpha value is -2.64. The van der Waals surface area contributed by atoms with E-state index in [4.69, 9.17) is 15.5 Å². The number of hydrogen-bond donors (Lipinski definition) is 2. The number of ether oxygens (including phenoxy) is 1. The van der Waals surface area contributed by atoms with E-state index in [1.165, 1.54) is 0 Å². The fourth-order valence-electron chi connectivity index (χ4n) is 3.58. The van der Waals surface area contributed by atoms with Crippen molar-refractivity contribution in [2.45, 2.75) is 25.7 Å². The molecule has 0 aliphatic rings. The molecule has 0 spiro atoms. The maximum absolute atomic E-state index is 11.8. The van der Waals surface area contributed by atoms with Gasteiger partial charge in [-0.25, -0.2) is 4.98 Å². The summed E-state index contributed by atoms with van der Waals surface area (Å²) in [6.07, 6.45) is -1.16. The summed E-state index contributed by atoms with van der Waals surface area (Å²) in [5.41, 5.74) is 9.67. The number of benzene rings is 3. The summed E-state index contributed by atoms with van der Waals surface area (Å²) in [4.78, 5) is 16.5. The monoisotopic (exact) mass is 423 g/mol. The van der Waals surface area contributed by atoms with E-state index < -0.39 is 18.1 Å². The largest absolute Gasteiger partial charge is 1.00 e. The fourth-order valence-corrected chi connectivity index (χ4v) is 3.58. The van der Waals surface area contributed by atoms with Crippen LogP contribution in [-0.4, -0.2) is 23.1 Å². The molecule has 0 saturated carbocycles. The normalized spacial score (nSPS) is 12.8. The topological polar surface area (TPSA) is 100 Å². The zero-order valence-electron chi connectivity index (χ0n) is 17.5. The molecule has 0 aliphatic heterocycles. The molecule has 6 nitrogen and oxygen atoms in total. The van der Waals surface area contributed by atoms with Crippen molar-refractivity contribution in [3.63, 3.8) is 0 Å². The van der Waals surface area contributed by atoms with Crippen molar-refractivity contribution in [1.29, 1.82) is 0 Å². The van der Waals surface area contributed by atoms with Gasteiger partial charge in [0.1, 0.15) is 6.10 Å². The van der Waals surface area contributed by atoms with E-state index in [9.17, 15) is 9.90 Å². The number of anilines is 2. The summed E-state index contributed by atoms with van der Waals surface area (Å²) in [7, 11) is 0. The summed E-state index contributed by atoms with van der Waals surface area (Å²) in [5, 5.41) is 17.0. The van der Waals surface area contributed by atoms with Gasteiger partial charge in [-0.05, 0) is 36.8 Å². The predicted octanol–water partition coefficient (Wildman–Crippen LogP) is 0.110. The minimum Gasteiger partial charge on any atom is -0.547 e. The molecule has 0 saturated heterocycles. The summed E-state index contributed by atoms with van der Waals surface area (Å²) in [6, 6.07) is 22.1. The number of nitrogens with zero attached hydrogens (tertiary/aromatic N) is 1. The first-order valence-corrected chi connectivity index (χ1v) is 9.74. The van der Waals surface area contributed by atoms with Gasteiger partial charge in [-0.3, -0.25) is 0 Å². The van der Waals surface area contributed by atoms with Crippen LogP contribution in [0.25, 0.3) is 21.8 Å². The first-order chi connectivity index (χ1) is 14.5. The molecule has 1 aromatic heterocycles. The standard InChI is InChI=1S/C24H23N3O3.Na/c1-15(23(24(28)29)30-14-16-7-6-8-17(25)13-16)26-22-18-9-2-4-11-20(18)27-21-12-5-3-10-19(21)22;/h2-13,15,23H,14,25H2,1H3,(H,26,27)(H,28,29);/q;+1/p-1. The number of carboxylic acids is 1. The Bertz CT molecular complexity index is 1160. The zero-order chi connectivity index (χ0) is 21.1. The van der Waals surface area contributed by atoms with E-state index in [1.54, 1.807) is 25.1 Å². The minimum atomic E-state index is -1.28. The number of para-hydroxylation sites is 2. The molecule has 0 bridgehead atoms. The van der Waals surface area contributed by atoms with Crippen LogP contribution in [0.4, 0.5) is 11.4 Å². The van der Waals surface area contributed by atoms with Crippen molar-refractivity contribution >= 4 is 39.1 Å². The van der Waals surface area contributed by atoms with Gasteiger partial charge in [0.2, 0.25) is 0 Å². The van der Waals surface area contributed by atoms with Crippen molar-refractivity contribution in [2.24, 2.45) is 0 Å². The number of aromatic nitrogens is 1. The van der Waals surface area contributed by atoms with Crippen LogP contribution in [0.1, 0.15) is 12.5 Å². The Morgan fingerprint density at radius 2 is 1.65 bits per heavy atom. The second kappa shape index (κ2) is 10.1.